The zero-order valence-corrected chi connectivity index (χ0v) is 27.6. The van der Waals surface area contributed by atoms with Crippen molar-refractivity contribution >= 4 is 47.8 Å². The molecule has 0 saturated carbocycles. The van der Waals surface area contributed by atoms with E-state index in [0.717, 1.165) is 17.2 Å². The number of carboxylic acid groups (broad SMARTS) is 2. The van der Waals surface area contributed by atoms with E-state index in [1.165, 1.54) is 52.8 Å². The van der Waals surface area contributed by atoms with Crippen molar-refractivity contribution in [3.63, 3.8) is 0 Å². The number of nitrogens with zero attached hydrogens (tertiary/aromatic N) is 7. The fraction of sp³-hybridized carbons (Fsp3) is 0.120. The van der Waals surface area contributed by atoms with Gasteiger partial charge in [0, 0.05) is 51.3 Å². The van der Waals surface area contributed by atoms with Gasteiger partial charge >= 0.3 is 31.4 Å². The molecule has 40 heavy (non-hydrogen) atoms. The Bertz CT molecular complexity index is 1340. The summed E-state index contributed by atoms with van der Waals surface area (Å²) in [4.78, 5) is 35.9. The Morgan fingerprint density at radius 2 is 1.43 bits per heavy atom. The minimum atomic E-state index is -1.08. The number of allylic oxidation sites excluding steroid dienone is 2. The summed E-state index contributed by atoms with van der Waals surface area (Å²) in [5.74, 6) is -1.22. The molecule has 11 nitrogen and oxygen atoms in total. The first-order chi connectivity index (χ1) is 18.1. The molecule has 3 aromatic heterocycles. The van der Waals surface area contributed by atoms with Crippen LogP contribution in [-0.2, 0) is 64.8 Å². The van der Waals surface area contributed by atoms with Gasteiger partial charge in [-0.2, -0.15) is 10.9 Å². The average molecular weight is 738 g/mol. The number of hydrogen-bond donors (Lipinski definition) is 2. The van der Waals surface area contributed by atoms with E-state index in [2.05, 4.69) is 52.0 Å². The first-order valence-corrected chi connectivity index (χ1v) is 11.3. The fourth-order valence-electron chi connectivity index (χ4n) is 2.79. The van der Waals surface area contributed by atoms with Gasteiger partial charge in [-0.05, 0) is 61.5 Å². The molecule has 4 heterocycles. The Morgan fingerprint density at radius 1 is 1.00 bits per heavy atom. The van der Waals surface area contributed by atoms with Crippen molar-refractivity contribution in [2.24, 2.45) is 0 Å². The number of aromatic nitrogens is 3. The summed E-state index contributed by atoms with van der Waals surface area (Å²) >= 11 is 7.40. The molecule has 1 aliphatic rings. The average Bonchev–Trinajstić information content (AvgIpc) is 3.23. The molecule has 0 aliphatic carbocycles. The molecule has 0 fully saturated rings. The number of thiocarbonyl (C=S) groups is 1. The van der Waals surface area contributed by atoms with Gasteiger partial charge in [-0.15, -0.1) is 0 Å². The third-order valence-corrected chi connectivity index (χ3v) is 4.68. The Labute approximate surface area is 280 Å². The number of carboxylic acids is 2. The van der Waals surface area contributed by atoms with E-state index < -0.39 is 11.9 Å². The molecule has 4 rings (SSSR count). The topological polar surface area (TPSA) is 177 Å². The van der Waals surface area contributed by atoms with Gasteiger partial charge in [-0.3, -0.25) is 9.97 Å². The van der Waals surface area contributed by atoms with Gasteiger partial charge in [0.05, 0.1) is 22.5 Å². The van der Waals surface area contributed by atoms with E-state index >= 15 is 0 Å². The van der Waals surface area contributed by atoms with E-state index in [4.69, 9.17) is 20.9 Å². The fourth-order valence-corrected chi connectivity index (χ4v) is 2.79. The molecule has 2 N–H and O–H groups in total. The standard InChI is InChI=1S/C12H8N2O4.C11H13N3.CHNS.CNS.Ru.Y/c15-11(16)7-1-3-13-9(5-7)10-6-8(12(17)18)2-4-14-10;1-8-4-5-12-11(6-8)14-7-13-9(2)10(14)3;2*2-1-3;;/h1-6H,(H,15,16)(H,17,18);4-7H,1-3H3;3H;;;/q;-2;;-1;+3;/p-1. The Kier molecular flexibility index (Phi) is 20.4. The van der Waals surface area contributed by atoms with Gasteiger partial charge in [0.15, 0.2) is 0 Å². The summed E-state index contributed by atoms with van der Waals surface area (Å²) in [6.07, 6.45) is 4.50. The third kappa shape index (κ3) is 12.9. The van der Waals surface area contributed by atoms with Crippen molar-refractivity contribution in [2.45, 2.75) is 20.8 Å². The number of rotatable bonds is 4. The largest absolute Gasteiger partial charge is 3.00 e. The first-order valence-electron chi connectivity index (χ1n) is 10.4. The molecule has 1 aliphatic heterocycles. The molecule has 3 aromatic rings. The normalized spacial score (nSPS) is 10.5. The van der Waals surface area contributed by atoms with Gasteiger partial charge in [0.1, 0.15) is 5.82 Å². The number of isothiocyanates is 1. The molecule has 0 aromatic carbocycles. The van der Waals surface area contributed by atoms with Gasteiger partial charge in [0.2, 0.25) is 0 Å². The van der Waals surface area contributed by atoms with Gasteiger partial charge in [-0.1, -0.05) is 24.5 Å². The molecule has 0 spiro atoms. The Morgan fingerprint density at radius 3 is 1.77 bits per heavy atom. The Balaban J connectivity index is 0. The van der Waals surface area contributed by atoms with E-state index in [1.807, 2.05) is 43.7 Å². The van der Waals surface area contributed by atoms with Gasteiger partial charge < -0.3 is 45.1 Å². The van der Waals surface area contributed by atoms with Crippen molar-refractivity contribution in [3.8, 4) is 16.8 Å². The second-order valence-corrected chi connectivity index (χ2v) is 7.49. The van der Waals surface area contributed by atoms with Crippen LogP contribution >= 0.6 is 12.2 Å². The maximum atomic E-state index is 10.8. The van der Waals surface area contributed by atoms with E-state index in [-0.39, 0.29) is 63.3 Å². The number of aromatic carboxylic acids is 2. The molecule has 0 unspecified atom stereocenters. The van der Waals surface area contributed by atoms with Crippen LogP contribution in [0.25, 0.3) is 22.1 Å². The molecular formula is C25H21N7O4RuS2Y-. The molecule has 204 valence electrons. The second-order valence-electron chi connectivity index (χ2n) is 7.13. The predicted octanol–water partition coefficient (Wildman–Crippen LogP) is 5.16. The quantitative estimate of drug-likeness (QED) is 0.0903. The number of aryl methyl sites for hydroxylation is 1. The molecule has 0 amide bonds. The predicted molar refractivity (Wildman–Crippen MR) is 148 cm³/mol. The van der Waals surface area contributed by atoms with Crippen molar-refractivity contribution < 1.29 is 72.0 Å². The summed E-state index contributed by atoms with van der Waals surface area (Å²) in [5.41, 5.74) is 4.18. The second kappa shape index (κ2) is 20.8. The maximum Gasteiger partial charge on any atom is 3.00 e. The summed E-state index contributed by atoms with van der Waals surface area (Å²) in [5, 5.41) is 38.9. The van der Waals surface area contributed by atoms with Gasteiger partial charge in [-0.25, -0.2) is 19.8 Å². The monoisotopic (exact) mass is 738 g/mol. The molecule has 0 atom stereocenters. The van der Waals surface area contributed by atoms with Crippen LogP contribution in [-0.4, -0.2) is 42.3 Å². The van der Waals surface area contributed by atoms with Crippen LogP contribution < -0.4 is 4.90 Å². The summed E-state index contributed by atoms with van der Waals surface area (Å²) in [7, 11) is 0. The van der Waals surface area contributed by atoms with Crippen LogP contribution in [0.1, 0.15) is 40.1 Å². The van der Waals surface area contributed by atoms with Crippen molar-refractivity contribution in [1.82, 2.24) is 15.0 Å². The number of carbonyl (C=O) groups is 2. The zero-order valence-electron chi connectivity index (χ0n) is 21.4. The third-order valence-electron chi connectivity index (χ3n) is 4.68. The van der Waals surface area contributed by atoms with Crippen LogP contribution in [0.2, 0.25) is 0 Å². The van der Waals surface area contributed by atoms with E-state index in [9.17, 15) is 9.59 Å². The molecule has 15 heteroatoms. The summed E-state index contributed by atoms with van der Waals surface area (Å²) in [6.45, 7) is 7.92. The first kappa shape index (κ1) is 39.1. The molecule has 0 bridgehead atoms. The van der Waals surface area contributed by atoms with Crippen LogP contribution in [0.3, 0.4) is 0 Å². The van der Waals surface area contributed by atoms with E-state index in [1.54, 1.807) is 0 Å². The zero-order chi connectivity index (χ0) is 28.7. The van der Waals surface area contributed by atoms with Crippen molar-refractivity contribution in [2.75, 3.05) is 4.90 Å². The summed E-state index contributed by atoms with van der Waals surface area (Å²) in [6, 6.07) is 9.43. The van der Waals surface area contributed by atoms with Crippen LogP contribution in [0.4, 0.5) is 5.82 Å². The maximum absolute atomic E-state index is 10.8. The van der Waals surface area contributed by atoms with Crippen LogP contribution in [0.5, 0.6) is 0 Å². The van der Waals surface area contributed by atoms with Gasteiger partial charge in [0.25, 0.3) is 0 Å². The molecule has 2 radical (unpaired) electrons. The number of hydrogen-bond acceptors (Lipinski definition) is 9. The smallest absolute Gasteiger partial charge is 0.832 e. The number of pyridine rings is 3. The molecule has 0 saturated heterocycles. The number of nitriles is 1. The minimum Gasteiger partial charge on any atom is -0.832 e. The number of thiocyanates is 1. The SMILES string of the molecule is CC1=C(C)N(c2cc(C)ccn2)[CH-][N-]1.N#C[S-].O=C(O)c1ccnc(-c2cc(C(=O)O)ccn2)c1.[N-]=C=S.[Ru+3].[Y]. The Hall–Kier alpha value is -3.03. The van der Waals surface area contributed by atoms with Crippen molar-refractivity contribution in [3.05, 3.63) is 100 Å². The summed E-state index contributed by atoms with van der Waals surface area (Å²) < 4.78 is 0. The number of anilines is 1. The van der Waals surface area contributed by atoms with Crippen LogP contribution in [0.15, 0.2) is 66.4 Å². The van der Waals surface area contributed by atoms with E-state index in [0.29, 0.717) is 11.4 Å². The minimum absolute atomic E-state index is 0. The van der Waals surface area contributed by atoms with Crippen molar-refractivity contribution in [1.29, 1.82) is 5.26 Å². The van der Waals surface area contributed by atoms with Crippen LogP contribution in [0, 0.1) is 24.3 Å². The molecular weight excluding hydrogens is 716 g/mol.